The zero-order valence-corrected chi connectivity index (χ0v) is 15.0. The third-order valence-electron chi connectivity index (χ3n) is 4.56. The zero-order chi connectivity index (χ0) is 17.2. The third kappa shape index (κ3) is 3.64. The summed E-state index contributed by atoms with van der Waals surface area (Å²) < 4.78 is 8.10. The molecule has 2 heterocycles. The summed E-state index contributed by atoms with van der Waals surface area (Å²) in [5.41, 5.74) is 4.85. The van der Waals surface area contributed by atoms with Gasteiger partial charge in [0.15, 0.2) is 0 Å². The first-order valence-corrected chi connectivity index (χ1v) is 8.92. The lowest BCUT2D eigenvalue weighted by Gasteiger charge is -2.22. The Kier molecular flexibility index (Phi) is 4.62. The average Bonchev–Trinajstić information content (AvgIpc) is 3.24. The number of nitrogens with zero attached hydrogens (tertiary/aromatic N) is 2. The maximum Gasteiger partial charge on any atom is 0.138 e. The number of ether oxygens (including phenoxy) is 1. The van der Waals surface area contributed by atoms with Crippen LogP contribution in [0.25, 0.3) is 5.69 Å². The molecular weight excluding hydrogens is 332 g/mol. The molecule has 1 unspecified atom stereocenters. The van der Waals surface area contributed by atoms with Gasteiger partial charge in [0.1, 0.15) is 6.23 Å². The Morgan fingerprint density at radius 1 is 1.12 bits per heavy atom. The van der Waals surface area contributed by atoms with Crippen LogP contribution in [0.5, 0.6) is 0 Å². The van der Waals surface area contributed by atoms with Crippen LogP contribution in [0.15, 0.2) is 67.0 Å². The Bertz CT molecular complexity index is 874. The number of hydrogen-bond donors (Lipinski definition) is 0. The summed E-state index contributed by atoms with van der Waals surface area (Å²) in [7, 11) is 0. The SMILES string of the molecule is Cc1cccc(CN2CCOC2c2ccn(-c3cccc(Cl)c3)c2)c1. The minimum atomic E-state index is 0.000876. The second kappa shape index (κ2) is 7.04. The molecule has 1 fully saturated rings. The summed E-state index contributed by atoms with van der Waals surface area (Å²) in [4.78, 5) is 2.38. The van der Waals surface area contributed by atoms with Gasteiger partial charge in [-0.25, -0.2) is 0 Å². The Morgan fingerprint density at radius 2 is 2.00 bits per heavy atom. The predicted molar refractivity (Wildman–Crippen MR) is 101 cm³/mol. The molecule has 3 aromatic rings. The third-order valence-corrected chi connectivity index (χ3v) is 4.80. The molecule has 25 heavy (non-hydrogen) atoms. The van der Waals surface area contributed by atoms with Gasteiger partial charge in [0, 0.05) is 41.8 Å². The van der Waals surface area contributed by atoms with Crippen molar-refractivity contribution in [1.82, 2.24) is 9.47 Å². The minimum absolute atomic E-state index is 0.000876. The van der Waals surface area contributed by atoms with Gasteiger partial charge in [0.05, 0.1) is 6.61 Å². The van der Waals surface area contributed by atoms with Gasteiger partial charge in [-0.1, -0.05) is 47.5 Å². The smallest absolute Gasteiger partial charge is 0.138 e. The number of benzene rings is 2. The highest BCUT2D eigenvalue weighted by Crippen LogP contribution is 2.29. The van der Waals surface area contributed by atoms with E-state index < -0.39 is 0 Å². The fourth-order valence-electron chi connectivity index (χ4n) is 3.37. The first-order valence-electron chi connectivity index (χ1n) is 8.54. The molecule has 1 atom stereocenters. The maximum absolute atomic E-state index is 6.11. The van der Waals surface area contributed by atoms with Crippen molar-refractivity contribution in [2.75, 3.05) is 13.2 Å². The Balaban J connectivity index is 1.54. The van der Waals surface area contributed by atoms with E-state index in [2.05, 4.69) is 65.2 Å². The van der Waals surface area contributed by atoms with Crippen LogP contribution >= 0.6 is 11.6 Å². The monoisotopic (exact) mass is 352 g/mol. The lowest BCUT2D eigenvalue weighted by molar-refractivity contribution is 0.0288. The van der Waals surface area contributed by atoms with Crippen molar-refractivity contribution < 1.29 is 4.74 Å². The lowest BCUT2D eigenvalue weighted by Crippen LogP contribution is -2.23. The van der Waals surface area contributed by atoms with Crippen molar-refractivity contribution in [3.05, 3.63) is 88.7 Å². The normalized spacial score (nSPS) is 17.9. The van der Waals surface area contributed by atoms with E-state index in [1.807, 2.05) is 18.2 Å². The van der Waals surface area contributed by atoms with Crippen molar-refractivity contribution >= 4 is 11.6 Å². The van der Waals surface area contributed by atoms with Crippen molar-refractivity contribution in [2.45, 2.75) is 19.7 Å². The number of hydrogen-bond acceptors (Lipinski definition) is 2. The number of rotatable bonds is 4. The number of aromatic nitrogens is 1. The van der Waals surface area contributed by atoms with Gasteiger partial charge in [-0.15, -0.1) is 0 Å². The van der Waals surface area contributed by atoms with Crippen molar-refractivity contribution in [1.29, 1.82) is 0 Å². The average molecular weight is 353 g/mol. The van der Waals surface area contributed by atoms with Crippen LogP contribution in [-0.2, 0) is 11.3 Å². The predicted octanol–water partition coefficient (Wildman–Crippen LogP) is 4.97. The van der Waals surface area contributed by atoms with Crippen LogP contribution in [0.4, 0.5) is 0 Å². The Hall–Kier alpha value is -2.07. The molecule has 0 saturated carbocycles. The molecule has 0 N–H and O–H groups in total. The van der Waals surface area contributed by atoms with Gasteiger partial charge in [0.2, 0.25) is 0 Å². The molecule has 0 spiro atoms. The molecule has 4 rings (SSSR count). The van der Waals surface area contributed by atoms with Gasteiger partial charge in [-0.2, -0.15) is 0 Å². The molecular formula is C21H21ClN2O. The fourth-order valence-corrected chi connectivity index (χ4v) is 3.56. The summed E-state index contributed by atoms with van der Waals surface area (Å²) >= 11 is 6.11. The van der Waals surface area contributed by atoms with Crippen LogP contribution in [0.1, 0.15) is 22.9 Å². The van der Waals surface area contributed by atoms with E-state index in [9.17, 15) is 0 Å². The van der Waals surface area contributed by atoms with Crippen LogP contribution < -0.4 is 0 Å². The highest BCUT2D eigenvalue weighted by atomic mass is 35.5. The summed E-state index contributed by atoms with van der Waals surface area (Å²) in [5, 5.41) is 0.742. The van der Waals surface area contributed by atoms with Crippen molar-refractivity contribution in [3.8, 4) is 5.69 Å². The largest absolute Gasteiger partial charge is 0.357 e. The van der Waals surface area contributed by atoms with Crippen LogP contribution in [-0.4, -0.2) is 22.6 Å². The molecule has 128 valence electrons. The van der Waals surface area contributed by atoms with Crippen LogP contribution in [0.3, 0.4) is 0 Å². The maximum atomic E-state index is 6.11. The van der Waals surface area contributed by atoms with Gasteiger partial charge in [-0.05, 0) is 36.8 Å². The standard InChI is InChI=1S/C21H21ClN2O/c1-16-4-2-5-17(12-16)14-24-10-11-25-21(24)18-8-9-23(15-18)20-7-3-6-19(22)13-20/h2-9,12-13,15,21H,10-11,14H2,1H3. The van der Waals surface area contributed by atoms with E-state index in [0.29, 0.717) is 0 Å². The van der Waals surface area contributed by atoms with E-state index in [1.165, 1.54) is 16.7 Å². The molecule has 0 bridgehead atoms. The molecule has 3 nitrogen and oxygen atoms in total. The Morgan fingerprint density at radius 3 is 2.84 bits per heavy atom. The summed E-state index contributed by atoms with van der Waals surface area (Å²) in [6.07, 6.45) is 4.19. The molecule has 1 aromatic heterocycles. The van der Waals surface area contributed by atoms with Gasteiger partial charge in [-0.3, -0.25) is 4.90 Å². The van der Waals surface area contributed by atoms with E-state index in [1.54, 1.807) is 0 Å². The first kappa shape index (κ1) is 16.4. The van der Waals surface area contributed by atoms with E-state index >= 15 is 0 Å². The molecule has 0 aliphatic carbocycles. The van der Waals surface area contributed by atoms with Gasteiger partial charge >= 0.3 is 0 Å². The number of aryl methyl sites for hydroxylation is 1. The molecule has 1 aliphatic heterocycles. The first-order chi connectivity index (χ1) is 12.2. The summed E-state index contributed by atoms with van der Waals surface area (Å²) in [6, 6.07) is 18.7. The molecule has 2 aromatic carbocycles. The fraction of sp³-hybridized carbons (Fsp3) is 0.238. The van der Waals surface area contributed by atoms with Crippen molar-refractivity contribution in [2.24, 2.45) is 0 Å². The van der Waals surface area contributed by atoms with E-state index in [0.717, 1.165) is 30.4 Å². The van der Waals surface area contributed by atoms with Crippen LogP contribution in [0.2, 0.25) is 5.02 Å². The van der Waals surface area contributed by atoms with Gasteiger partial charge in [0.25, 0.3) is 0 Å². The molecule has 1 saturated heterocycles. The van der Waals surface area contributed by atoms with Gasteiger partial charge < -0.3 is 9.30 Å². The lowest BCUT2D eigenvalue weighted by atomic mass is 10.1. The second-order valence-corrected chi connectivity index (χ2v) is 6.95. The molecule has 0 radical (unpaired) electrons. The number of halogens is 1. The molecule has 1 aliphatic rings. The highest BCUT2D eigenvalue weighted by Gasteiger charge is 2.27. The molecule has 4 heteroatoms. The Labute approximate surface area is 153 Å². The highest BCUT2D eigenvalue weighted by molar-refractivity contribution is 6.30. The summed E-state index contributed by atoms with van der Waals surface area (Å²) in [6.45, 7) is 4.74. The summed E-state index contributed by atoms with van der Waals surface area (Å²) in [5.74, 6) is 0. The quantitative estimate of drug-likeness (QED) is 0.659. The second-order valence-electron chi connectivity index (χ2n) is 6.51. The minimum Gasteiger partial charge on any atom is -0.357 e. The van der Waals surface area contributed by atoms with Crippen LogP contribution in [0, 0.1) is 6.92 Å². The topological polar surface area (TPSA) is 17.4 Å². The van der Waals surface area contributed by atoms with E-state index in [4.69, 9.17) is 16.3 Å². The molecule has 0 amide bonds. The zero-order valence-electron chi connectivity index (χ0n) is 14.2. The van der Waals surface area contributed by atoms with Crippen molar-refractivity contribution in [3.63, 3.8) is 0 Å². The van der Waals surface area contributed by atoms with E-state index in [-0.39, 0.29) is 6.23 Å².